The minimum Gasteiger partial charge on any atom is -0.417 e. The predicted octanol–water partition coefficient (Wildman–Crippen LogP) is -0.189. The Kier molecular flexibility index (Phi) is 1.21. The number of fused-ring (bicyclic) bond motifs is 1. The van der Waals surface area contributed by atoms with Gasteiger partial charge < -0.3 is 4.81 Å². The van der Waals surface area contributed by atoms with E-state index in [1.165, 1.54) is 5.56 Å². The molecule has 0 saturated heterocycles. The van der Waals surface area contributed by atoms with Crippen molar-refractivity contribution < 1.29 is 0 Å². The Hall–Kier alpha value is -1.32. The van der Waals surface area contributed by atoms with Crippen molar-refractivity contribution in [3.8, 4) is 0 Å². The molecule has 0 unspecified atom stereocenters. The summed E-state index contributed by atoms with van der Waals surface area (Å²) in [6.07, 6.45) is 3.40. The van der Waals surface area contributed by atoms with Gasteiger partial charge in [0.25, 0.3) is 0 Å². The van der Waals surface area contributed by atoms with Crippen LogP contribution >= 0.6 is 0 Å². The minimum absolute atomic E-state index is 0.884. The molecular weight excluding hydrogens is 137 g/mol. The highest BCUT2D eigenvalue weighted by Crippen LogP contribution is 2.25. The van der Waals surface area contributed by atoms with Crippen LogP contribution in [0.1, 0.15) is 11.3 Å². The average Bonchev–Trinajstić information content (AvgIpc) is 2.30. The van der Waals surface area contributed by atoms with Crippen molar-refractivity contribution in [2.75, 3.05) is 0 Å². The van der Waals surface area contributed by atoms with Gasteiger partial charge >= 0.3 is 0 Å². The molecule has 3 nitrogen and oxygen atoms in total. The molecule has 2 heterocycles. The maximum Gasteiger partial charge on any atom is 0.218 e. The zero-order chi connectivity index (χ0) is 7.84. The molecule has 2 rings (SSSR count). The Morgan fingerprint density at radius 1 is 1.64 bits per heavy atom. The molecule has 0 aromatic carbocycles. The van der Waals surface area contributed by atoms with Gasteiger partial charge in [-0.2, -0.15) is 0 Å². The molecule has 11 heavy (non-hydrogen) atoms. The third-order valence-corrected chi connectivity index (χ3v) is 1.93. The van der Waals surface area contributed by atoms with Gasteiger partial charge in [0, 0.05) is 24.0 Å². The second-order valence-corrected chi connectivity index (χ2v) is 2.70. The summed E-state index contributed by atoms with van der Waals surface area (Å²) in [5.41, 5.74) is 3.14. The SMILES string of the molecule is BN1Cc2cncnc2C1=C. The van der Waals surface area contributed by atoms with Crippen LogP contribution in [0.5, 0.6) is 0 Å². The molecule has 0 saturated carbocycles. The van der Waals surface area contributed by atoms with Crippen LogP contribution in [0.25, 0.3) is 5.70 Å². The zero-order valence-electron chi connectivity index (χ0n) is 6.41. The maximum atomic E-state index is 4.14. The number of hydrogen-bond donors (Lipinski definition) is 0. The summed E-state index contributed by atoms with van der Waals surface area (Å²) in [6, 6.07) is 0. The van der Waals surface area contributed by atoms with Crippen molar-refractivity contribution >= 4 is 13.7 Å². The number of aromatic nitrogens is 2. The van der Waals surface area contributed by atoms with Gasteiger partial charge in [0.15, 0.2) is 0 Å². The molecule has 0 radical (unpaired) electrons. The minimum atomic E-state index is 0.884. The molecule has 4 heteroatoms. The molecule has 1 aromatic heterocycles. The number of nitrogens with zero attached hydrogens (tertiary/aromatic N) is 3. The Labute approximate surface area is 66.2 Å². The Morgan fingerprint density at radius 3 is 3.18 bits per heavy atom. The van der Waals surface area contributed by atoms with Crippen LogP contribution in [0.3, 0.4) is 0 Å². The first-order chi connectivity index (χ1) is 5.29. The van der Waals surface area contributed by atoms with Crippen molar-refractivity contribution in [3.05, 3.63) is 30.4 Å². The normalized spacial score (nSPS) is 15.3. The molecular formula is C7H8BN3. The lowest BCUT2D eigenvalue weighted by molar-refractivity contribution is 0.658. The predicted molar refractivity (Wildman–Crippen MR) is 45.2 cm³/mol. The van der Waals surface area contributed by atoms with E-state index in [0.29, 0.717) is 0 Å². The lowest BCUT2D eigenvalue weighted by Gasteiger charge is -2.09. The highest BCUT2D eigenvalue weighted by atomic mass is 15.1. The Bertz CT molecular complexity index is 310. The summed E-state index contributed by atoms with van der Waals surface area (Å²) < 4.78 is 0. The van der Waals surface area contributed by atoms with Crippen LogP contribution in [0.15, 0.2) is 19.1 Å². The Morgan fingerprint density at radius 2 is 2.45 bits per heavy atom. The third kappa shape index (κ3) is 0.825. The monoisotopic (exact) mass is 145 g/mol. The van der Waals surface area contributed by atoms with Crippen LogP contribution in [-0.2, 0) is 6.54 Å². The summed E-state index contributed by atoms with van der Waals surface area (Å²) >= 11 is 0. The fourth-order valence-corrected chi connectivity index (χ4v) is 1.27. The third-order valence-electron chi connectivity index (χ3n) is 1.93. The zero-order valence-corrected chi connectivity index (χ0v) is 6.41. The largest absolute Gasteiger partial charge is 0.417 e. The number of hydrogen-bond acceptors (Lipinski definition) is 3. The second kappa shape index (κ2) is 2.08. The second-order valence-electron chi connectivity index (χ2n) is 2.70. The fraction of sp³-hybridized carbons (Fsp3) is 0.143. The summed E-state index contributed by atoms with van der Waals surface area (Å²) in [5.74, 6) is 0. The molecule has 0 bridgehead atoms. The van der Waals surface area contributed by atoms with E-state index in [0.717, 1.165) is 17.9 Å². The smallest absolute Gasteiger partial charge is 0.218 e. The fourth-order valence-electron chi connectivity index (χ4n) is 1.27. The van der Waals surface area contributed by atoms with Gasteiger partial charge in [-0.15, -0.1) is 0 Å². The standard InChI is InChI=1S/C7H8BN3/c1-5-7-6(3-11(5)8)2-9-4-10-7/h2,4H,1,3,8H2. The van der Waals surface area contributed by atoms with Crippen molar-refractivity contribution in [2.24, 2.45) is 0 Å². The van der Waals surface area contributed by atoms with Gasteiger partial charge in [-0.1, -0.05) is 6.58 Å². The summed E-state index contributed by atoms with van der Waals surface area (Å²) in [4.78, 5) is 10.2. The van der Waals surface area contributed by atoms with Crippen LogP contribution in [-0.4, -0.2) is 22.8 Å². The number of rotatable bonds is 0. The van der Waals surface area contributed by atoms with Gasteiger partial charge in [-0.05, 0) is 0 Å². The molecule has 0 aliphatic carbocycles. The van der Waals surface area contributed by atoms with E-state index in [4.69, 9.17) is 0 Å². The molecule has 0 spiro atoms. The van der Waals surface area contributed by atoms with E-state index < -0.39 is 0 Å². The first kappa shape index (κ1) is 6.40. The van der Waals surface area contributed by atoms with Crippen LogP contribution in [0.4, 0.5) is 0 Å². The molecule has 0 amide bonds. The lowest BCUT2D eigenvalue weighted by atomic mass is 10.2. The highest BCUT2D eigenvalue weighted by Gasteiger charge is 2.19. The van der Waals surface area contributed by atoms with E-state index in [9.17, 15) is 0 Å². The first-order valence-corrected chi connectivity index (χ1v) is 3.48. The lowest BCUT2D eigenvalue weighted by Crippen LogP contribution is -2.08. The van der Waals surface area contributed by atoms with E-state index in [1.807, 2.05) is 14.2 Å². The van der Waals surface area contributed by atoms with Crippen molar-refractivity contribution in [1.82, 2.24) is 14.8 Å². The highest BCUT2D eigenvalue weighted by molar-refractivity contribution is 6.10. The van der Waals surface area contributed by atoms with Crippen LogP contribution < -0.4 is 0 Å². The van der Waals surface area contributed by atoms with Crippen LogP contribution in [0.2, 0.25) is 0 Å². The van der Waals surface area contributed by atoms with Crippen molar-refractivity contribution in [1.29, 1.82) is 0 Å². The Balaban J connectivity index is 2.55. The average molecular weight is 145 g/mol. The molecule has 1 aliphatic rings. The van der Waals surface area contributed by atoms with Crippen molar-refractivity contribution in [2.45, 2.75) is 6.54 Å². The summed E-state index contributed by atoms with van der Waals surface area (Å²) in [6.45, 7) is 4.80. The van der Waals surface area contributed by atoms with Gasteiger partial charge in [-0.25, -0.2) is 9.97 Å². The first-order valence-electron chi connectivity index (χ1n) is 3.48. The molecule has 0 atom stereocenters. The quantitative estimate of drug-likeness (QED) is 0.474. The molecule has 1 aromatic rings. The van der Waals surface area contributed by atoms with Gasteiger partial charge in [0.2, 0.25) is 7.98 Å². The van der Waals surface area contributed by atoms with E-state index in [2.05, 4.69) is 21.4 Å². The molecule has 54 valence electrons. The van der Waals surface area contributed by atoms with E-state index in [-0.39, 0.29) is 0 Å². The van der Waals surface area contributed by atoms with Gasteiger partial charge in [0.1, 0.15) is 6.33 Å². The maximum absolute atomic E-state index is 4.14. The molecule has 0 fully saturated rings. The van der Waals surface area contributed by atoms with Gasteiger partial charge in [-0.3, -0.25) is 0 Å². The van der Waals surface area contributed by atoms with E-state index in [1.54, 1.807) is 6.33 Å². The summed E-state index contributed by atoms with van der Waals surface area (Å²) in [5, 5.41) is 0. The topological polar surface area (TPSA) is 29.0 Å². The molecule has 0 N–H and O–H groups in total. The molecule has 1 aliphatic heterocycles. The van der Waals surface area contributed by atoms with E-state index >= 15 is 0 Å². The summed E-state index contributed by atoms with van der Waals surface area (Å²) in [7, 11) is 2.00. The van der Waals surface area contributed by atoms with Crippen molar-refractivity contribution in [3.63, 3.8) is 0 Å². The van der Waals surface area contributed by atoms with Gasteiger partial charge in [0.05, 0.1) is 5.69 Å². The van der Waals surface area contributed by atoms with Crippen LogP contribution in [0, 0.1) is 0 Å².